The number of piperidine rings is 1. The molecule has 2 N–H and O–H groups in total. The molecule has 0 amide bonds. The van der Waals surface area contributed by atoms with Crippen LogP contribution in [0.5, 0.6) is 0 Å². The van der Waals surface area contributed by atoms with E-state index in [4.69, 9.17) is 4.98 Å². The molecule has 0 aliphatic carbocycles. The lowest BCUT2D eigenvalue weighted by molar-refractivity contribution is 0.0737. The van der Waals surface area contributed by atoms with Gasteiger partial charge in [0, 0.05) is 66.6 Å². The summed E-state index contributed by atoms with van der Waals surface area (Å²) in [4.78, 5) is 18.8. The Bertz CT molecular complexity index is 1290. The van der Waals surface area contributed by atoms with Crippen LogP contribution >= 0.6 is 0 Å². The lowest BCUT2D eigenvalue weighted by atomic mass is 9.95. The molecule has 2 aliphatic heterocycles. The van der Waals surface area contributed by atoms with E-state index in [1.807, 2.05) is 18.3 Å². The molecule has 0 radical (unpaired) electrons. The van der Waals surface area contributed by atoms with Crippen LogP contribution in [0.3, 0.4) is 0 Å². The van der Waals surface area contributed by atoms with Gasteiger partial charge in [0.2, 0.25) is 5.95 Å². The van der Waals surface area contributed by atoms with Crippen LogP contribution in [0.25, 0.3) is 5.70 Å². The Kier molecular flexibility index (Phi) is 6.77. The number of hydrogen-bond acceptors (Lipinski definition) is 7. The lowest BCUT2D eigenvalue weighted by Gasteiger charge is -2.43. The SMILES string of the molecule is C=C(c1ccnc(C(C)(C)O)c1)N1CC[C@@H](N2Cc3cnc(Nc4cc(C)cc(C)c4)nc3C2)C[C@H]1C. The first kappa shape index (κ1) is 25.4. The number of aryl methyl sites for hydroxylation is 2. The molecule has 1 fully saturated rings. The number of benzene rings is 1. The lowest BCUT2D eigenvalue weighted by Crippen LogP contribution is -2.46. The summed E-state index contributed by atoms with van der Waals surface area (Å²) in [5.74, 6) is 0.660. The number of anilines is 2. The van der Waals surface area contributed by atoms with Crippen LogP contribution < -0.4 is 5.32 Å². The fraction of sp³-hybridized carbons (Fsp3) is 0.433. The maximum atomic E-state index is 10.4. The Labute approximate surface area is 220 Å². The maximum absolute atomic E-state index is 10.4. The van der Waals surface area contributed by atoms with Crippen molar-refractivity contribution >= 4 is 17.3 Å². The molecule has 37 heavy (non-hydrogen) atoms. The number of fused-ring (bicyclic) bond motifs is 1. The molecule has 2 aliphatic rings. The van der Waals surface area contributed by atoms with Gasteiger partial charge in [-0.3, -0.25) is 9.88 Å². The molecule has 2 atom stereocenters. The first-order chi connectivity index (χ1) is 17.6. The zero-order valence-electron chi connectivity index (χ0n) is 22.6. The second kappa shape index (κ2) is 9.88. The van der Waals surface area contributed by atoms with E-state index >= 15 is 0 Å². The van der Waals surface area contributed by atoms with Crippen LogP contribution in [-0.4, -0.2) is 48.5 Å². The van der Waals surface area contributed by atoms with E-state index in [9.17, 15) is 5.11 Å². The van der Waals surface area contributed by atoms with Gasteiger partial charge in [0.05, 0.1) is 11.4 Å². The summed E-state index contributed by atoms with van der Waals surface area (Å²) in [6.45, 7) is 17.1. The van der Waals surface area contributed by atoms with Gasteiger partial charge in [-0.1, -0.05) is 12.6 Å². The summed E-state index contributed by atoms with van der Waals surface area (Å²) in [6, 6.07) is 11.2. The van der Waals surface area contributed by atoms with Crippen LogP contribution in [0, 0.1) is 13.8 Å². The van der Waals surface area contributed by atoms with Gasteiger partial charge in [0.1, 0.15) is 5.60 Å². The average molecular weight is 499 g/mol. The molecule has 5 rings (SSSR count). The number of nitrogens with zero attached hydrogens (tertiary/aromatic N) is 5. The van der Waals surface area contributed by atoms with Crippen LogP contribution in [0.2, 0.25) is 0 Å². The van der Waals surface area contributed by atoms with Gasteiger partial charge in [-0.2, -0.15) is 0 Å². The highest BCUT2D eigenvalue weighted by molar-refractivity contribution is 5.62. The number of aliphatic hydroxyl groups is 1. The van der Waals surface area contributed by atoms with Crippen molar-refractivity contribution in [1.29, 1.82) is 0 Å². The van der Waals surface area contributed by atoms with Crippen molar-refractivity contribution in [2.45, 2.75) is 78.2 Å². The molecule has 0 spiro atoms. The normalized spacial score (nSPS) is 20.1. The summed E-state index contributed by atoms with van der Waals surface area (Å²) in [7, 11) is 0. The van der Waals surface area contributed by atoms with Gasteiger partial charge >= 0.3 is 0 Å². The van der Waals surface area contributed by atoms with Crippen LogP contribution in [0.1, 0.15) is 67.3 Å². The summed E-state index contributed by atoms with van der Waals surface area (Å²) in [6.07, 6.45) is 5.88. The smallest absolute Gasteiger partial charge is 0.227 e. The average Bonchev–Trinajstić information content (AvgIpc) is 3.26. The van der Waals surface area contributed by atoms with Gasteiger partial charge in [-0.25, -0.2) is 9.97 Å². The van der Waals surface area contributed by atoms with Gasteiger partial charge in [0.15, 0.2) is 0 Å². The molecule has 0 saturated carbocycles. The number of hydrogen-bond donors (Lipinski definition) is 2. The van der Waals surface area contributed by atoms with E-state index < -0.39 is 5.60 Å². The highest BCUT2D eigenvalue weighted by Gasteiger charge is 2.34. The number of aromatic nitrogens is 3. The van der Waals surface area contributed by atoms with Gasteiger partial charge in [0.25, 0.3) is 0 Å². The van der Waals surface area contributed by atoms with Crippen LogP contribution in [0.4, 0.5) is 11.6 Å². The molecule has 194 valence electrons. The molecule has 7 heteroatoms. The van der Waals surface area contributed by atoms with Crippen molar-refractivity contribution in [3.8, 4) is 0 Å². The Morgan fingerprint density at radius 3 is 2.57 bits per heavy atom. The van der Waals surface area contributed by atoms with E-state index in [2.05, 4.69) is 70.6 Å². The van der Waals surface area contributed by atoms with Crippen molar-refractivity contribution in [1.82, 2.24) is 24.8 Å². The van der Waals surface area contributed by atoms with Crippen molar-refractivity contribution in [3.63, 3.8) is 0 Å². The molecular weight excluding hydrogens is 460 g/mol. The van der Waals surface area contributed by atoms with E-state index in [-0.39, 0.29) is 0 Å². The van der Waals surface area contributed by atoms with Crippen LogP contribution in [-0.2, 0) is 18.7 Å². The van der Waals surface area contributed by atoms with Crippen molar-refractivity contribution in [3.05, 3.63) is 82.9 Å². The molecule has 3 aromatic rings. The van der Waals surface area contributed by atoms with E-state index in [1.165, 1.54) is 16.7 Å². The summed E-state index contributed by atoms with van der Waals surface area (Å²) in [5, 5.41) is 13.8. The first-order valence-corrected chi connectivity index (χ1v) is 13.2. The molecule has 7 nitrogen and oxygen atoms in total. The third-order valence-corrected chi connectivity index (χ3v) is 7.59. The minimum Gasteiger partial charge on any atom is -0.384 e. The van der Waals surface area contributed by atoms with Crippen LogP contribution in [0.15, 0.2) is 49.3 Å². The quantitative estimate of drug-likeness (QED) is 0.478. The molecule has 0 unspecified atom stereocenters. The second-order valence-electron chi connectivity index (χ2n) is 11.2. The Hall–Kier alpha value is -3.29. The summed E-state index contributed by atoms with van der Waals surface area (Å²) < 4.78 is 0. The zero-order chi connectivity index (χ0) is 26.3. The van der Waals surface area contributed by atoms with Crippen molar-refractivity contribution < 1.29 is 5.11 Å². The number of likely N-dealkylation sites (tertiary alicyclic amines) is 1. The largest absolute Gasteiger partial charge is 0.384 e. The highest BCUT2D eigenvalue weighted by atomic mass is 16.3. The van der Waals surface area contributed by atoms with Gasteiger partial charge in [-0.15, -0.1) is 0 Å². The maximum Gasteiger partial charge on any atom is 0.227 e. The third-order valence-electron chi connectivity index (χ3n) is 7.59. The minimum atomic E-state index is -0.975. The number of rotatable bonds is 6. The third kappa shape index (κ3) is 5.53. The topological polar surface area (TPSA) is 77.4 Å². The Morgan fingerprint density at radius 1 is 1.11 bits per heavy atom. The monoisotopic (exact) mass is 498 g/mol. The Morgan fingerprint density at radius 2 is 1.86 bits per heavy atom. The predicted molar refractivity (Wildman–Crippen MR) is 148 cm³/mol. The zero-order valence-corrected chi connectivity index (χ0v) is 22.6. The van der Waals surface area contributed by atoms with Gasteiger partial charge < -0.3 is 15.3 Å². The second-order valence-corrected chi connectivity index (χ2v) is 11.2. The number of pyridine rings is 1. The first-order valence-electron chi connectivity index (χ1n) is 13.2. The minimum absolute atomic E-state index is 0.363. The number of nitrogens with one attached hydrogen (secondary N) is 1. The molecule has 4 heterocycles. The van der Waals surface area contributed by atoms with Gasteiger partial charge in [-0.05, 0) is 82.9 Å². The standard InChI is InChI=1S/C30H38N6O/c1-19-11-20(2)13-25(12-19)33-29-32-16-24-17-35(18-27(24)34-29)26-8-10-36(21(3)14-26)22(4)23-7-9-31-28(15-23)30(5,6)37/h7,9,11-13,15-16,21,26,37H,4,8,10,14,17-18H2,1-3,5-6H3,(H,32,33,34)/t21-,26-/m1/s1. The molecule has 2 aromatic heterocycles. The van der Waals surface area contributed by atoms with Crippen molar-refractivity contribution in [2.24, 2.45) is 0 Å². The Balaban J connectivity index is 1.22. The molecule has 1 saturated heterocycles. The summed E-state index contributed by atoms with van der Waals surface area (Å²) in [5.41, 5.74) is 7.52. The molecule has 0 bridgehead atoms. The highest BCUT2D eigenvalue weighted by Crippen LogP contribution is 2.33. The molecular formula is C30H38N6O. The molecule has 1 aromatic carbocycles. The van der Waals surface area contributed by atoms with E-state index in [0.717, 1.165) is 55.1 Å². The van der Waals surface area contributed by atoms with E-state index in [0.29, 0.717) is 23.7 Å². The fourth-order valence-electron chi connectivity index (χ4n) is 5.66. The van der Waals surface area contributed by atoms with E-state index in [1.54, 1.807) is 20.0 Å². The van der Waals surface area contributed by atoms with Crippen molar-refractivity contribution in [2.75, 3.05) is 11.9 Å². The predicted octanol–water partition coefficient (Wildman–Crippen LogP) is 5.30. The summed E-state index contributed by atoms with van der Waals surface area (Å²) >= 11 is 0. The fourth-order valence-corrected chi connectivity index (χ4v) is 5.66.